The molecule has 1 rings (SSSR count). The molecule has 0 aliphatic rings. The van der Waals surface area contributed by atoms with Crippen LogP contribution < -0.4 is 10.1 Å². The summed E-state index contributed by atoms with van der Waals surface area (Å²) >= 11 is 0. The van der Waals surface area contributed by atoms with Gasteiger partial charge >= 0.3 is 5.97 Å². The molecule has 2 N–H and O–H groups in total. The van der Waals surface area contributed by atoms with E-state index in [4.69, 9.17) is 9.84 Å². The van der Waals surface area contributed by atoms with Crippen molar-refractivity contribution in [1.82, 2.24) is 0 Å². The van der Waals surface area contributed by atoms with Crippen molar-refractivity contribution in [3.05, 3.63) is 24.3 Å². The highest BCUT2D eigenvalue weighted by molar-refractivity contribution is 5.92. The molecular formula is C15H21NO4. The summed E-state index contributed by atoms with van der Waals surface area (Å²) in [4.78, 5) is 22.4. The quantitative estimate of drug-likeness (QED) is 0.767. The van der Waals surface area contributed by atoms with Crippen LogP contribution in [0.25, 0.3) is 0 Å². The molecule has 0 saturated heterocycles. The number of amides is 1. The van der Waals surface area contributed by atoms with Crippen molar-refractivity contribution in [2.24, 2.45) is 5.92 Å². The highest BCUT2D eigenvalue weighted by atomic mass is 16.5. The Morgan fingerprint density at radius 1 is 1.30 bits per heavy atom. The minimum atomic E-state index is -0.892. The van der Waals surface area contributed by atoms with Crippen LogP contribution in [0.3, 0.4) is 0 Å². The monoisotopic (exact) mass is 279 g/mol. The van der Waals surface area contributed by atoms with E-state index in [0.29, 0.717) is 18.0 Å². The lowest BCUT2D eigenvalue weighted by Crippen LogP contribution is -2.17. The molecule has 0 aromatic heterocycles. The largest absolute Gasteiger partial charge is 0.491 e. The number of anilines is 1. The van der Waals surface area contributed by atoms with E-state index in [1.165, 1.54) is 0 Å². The molecule has 1 aromatic carbocycles. The minimum Gasteiger partial charge on any atom is -0.491 e. The fourth-order valence-corrected chi connectivity index (χ4v) is 1.80. The van der Waals surface area contributed by atoms with Crippen molar-refractivity contribution in [1.29, 1.82) is 0 Å². The normalized spacial score (nSPS) is 11.7. The van der Waals surface area contributed by atoms with E-state index in [1.807, 2.05) is 19.1 Å². The molecule has 20 heavy (non-hydrogen) atoms. The van der Waals surface area contributed by atoms with E-state index < -0.39 is 5.97 Å². The molecule has 0 saturated carbocycles. The number of carbonyl (C=O) groups is 2. The van der Waals surface area contributed by atoms with Crippen LogP contribution in [0.15, 0.2) is 24.3 Å². The van der Waals surface area contributed by atoms with Crippen molar-refractivity contribution in [3.63, 3.8) is 0 Å². The predicted molar refractivity (Wildman–Crippen MR) is 76.9 cm³/mol. The van der Waals surface area contributed by atoms with Gasteiger partial charge in [-0.3, -0.25) is 9.59 Å². The fourth-order valence-electron chi connectivity index (χ4n) is 1.80. The molecule has 110 valence electrons. The standard InChI is InChI=1S/C15H21NO4/c1-3-8-20-13-7-5-4-6-12(13)16-14(17)9-11(2)10-15(18)19/h4-7,11H,3,8-10H2,1-2H3,(H,16,17)(H,18,19). The number of nitrogens with one attached hydrogen (secondary N) is 1. The molecule has 0 bridgehead atoms. The second-order valence-electron chi connectivity index (χ2n) is 4.80. The molecule has 0 spiro atoms. The number of para-hydroxylation sites is 2. The molecule has 5 nitrogen and oxygen atoms in total. The molecule has 0 aliphatic carbocycles. The molecule has 1 aromatic rings. The van der Waals surface area contributed by atoms with Crippen LogP contribution in [0.4, 0.5) is 5.69 Å². The number of carboxylic acids is 1. The van der Waals surface area contributed by atoms with Gasteiger partial charge in [-0.05, 0) is 24.5 Å². The summed E-state index contributed by atoms with van der Waals surface area (Å²) in [7, 11) is 0. The van der Waals surface area contributed by atoms with Gasteiger partial charge in [-0.15, -0.1) is 0 Å². The van der Waals surface area contributed by atoms with Crippen molar-refractivity contribution in [3.8, 4) is 5.75 Å². The molecule has 0 radical (unpaired) electrons. The third-order valence-corrected chi connectivity index (χ3v) is 2.68. The Balaban J connectivity index is 2.59. The lowest BCUT2D eigenvalue weighted by Gasteiger charge is -2.13. The average molecular weight is 279 g/mol. The molecular weight excluding hydrogens is 258 g/mol. The van der Waals surface area contributed by atoms with E-state index in [0.717, 1.165) is 6.42 Å². The van der Waals surface area contributed by atoms with Crippen LogP contribution in [0.1, 0.15) is 33.1 Å². The van der Waals surface area contributed by atoms with Crippen LogP contribution in [0, 0.1) is 5.92 Å². The number of hydrogen-bond donors (Lipinski definition) is 2. The second-order valence-corrected chi connectivity index (χ2v) is 4.80. The smallest absolute Gasteiger partial charge is 0.303 e. The van der Waals surface area contributed by atoms with Gasteiger partial charge in [0.2, 0.25) is 5.91 Å². The zero-order chi connectivity index (χ0) is 15.0. The minimum absolute atomic E-state index is 0.0125. The number of rotatable bonds is 8. The molecule has 0 aliphatic heterocycles. The molecule has 1 amide bonds. The first-order chi connectivity index (χ1) is 9.52. The first kappa shape index (κ1) is 16.0. The molecule has 1 atom stereocenters. The third-order valence-electron chi connectivity index (χ3n) is 2.68. The third kappa shape index (κ3) is 5.73. The number of carbonyl (C=O) groups excluding carboxylic acids is 1. The van der Waals surface area contributed by atoms with Gasteiger partial charge < -0.3 is 15.2 Å². The maximum atomic E-state index is 11.9. The summed E-state index contributed by atoms with van der Waals surface area (Å²) in [5, 5.41) is 11.4. The maximum Gasteiger partial charge on any atom is 0.303 e. The highest BCUT2D eigenvalue weighted by Crippen LogP contribution is 2.24. The number of aliphatic carboxylic acids is 1. The lowest BCUT2D eigenvalue weighted by molar-refractivity contribution is -0.138. The van der Waals surface area contributed by atoms with Gasteiger partial charge in [0, 0.05) is 12.8 Å². The highest BCUT2D eigenvalue weighted by Gasteiger charge is 2.14. The first-order valence-electron chi connectivity index (χ1n) is 6.76. The Morgan fingerprint density at radius 3 is 2.65 bits per heavy atom. The Kier molecular flexibility index (Phi) is 6.56. The van der Waals surface area contributed by atoms with Crippen LogP contribution in [-0.2, 0) is 9.59 Å². The summed E-state index contributed by atoms with van der Waals surface area (Å²) in [6.07, 6.45) is 1.05. The van der Waals surface area contributed by atoms with Gasteiger partial charge in [0.25, 0.3) is 0 Å². The SMILES string of the molecule is CCCOc1ccccc1NC(=O)CC(C)CC(=O)O. The Morgan fingerprint density at radius 2 is 2.00 bits per heavy atom. The van der Waals surface area contributed by atoms with Crippen LogP contribution in [0.5, 0.6) is 5.75 Å². The Labute approximate surface area is 118 Å². The second kappa shape index (κ2) is 8.19. The Hall–Kier alpha value is -2.04. The summed E-state index contributed by atoms with van der Waals surface area (Å²) in [6, 6.07) is 7.22. The van der Waals surface area contributed by atoms with Crippen LogP contribution in [-0.4, -0.2) is 23.6 Å². The number of hydrogen-bond acceptors (Lipinski definition) is 3. The van der Waals surface area contributed by atoms with Gasteiger partial charge in [0.15, 0.2) is 0 Å². The molecule has 5 heteroatoms. The predicted octanol–water partition coefficient (Wildman–Crippen LogP) is 2.91. The molecule has 0 fully saturated rings. The molecule has 1 unspecified atom stereocenters. The van der Waals surface area contributed by atoms with E-state index in [2.05, 4.69) is 5.32 Å². The van der Waals surface area contributed by atoms with E-state index >= 15 is 0 Å². The van der Waals surface area contributed by atoms with Gasteiger partial charge in [-0.2, -0.15) is 0 Å². The van der Waals surface area contributed by atoms with Gasteiger partial charge in [0.05, 0.1) is 12.3 Å². The fraction of sp³-hybridized carbons (Fsp3) is 0.467. The van der Waals surface area contributed by atoms with Gasteiger partial charge in [-0.1, -0.05) is 26.0 Å². The maximum absolute atomic E-state index is 11.9. The van der Waals surface area contributed by atoms with Crippen LogP contribution in [0.2, 0.25) is 0 Å². The zero-order valence-corrected chi connectivity index (χ0v) is 11.9. The van der Waals surface area contributed by atoms with Gasteiger partial charge in [0.1, 0.15) is 5.75 Å². The number of benzene rings is 1. The van der Waals surface area contributed by atoms with Crippen molar-refractivity contribution >= 4 is 17.6 Å². The Bertz CT molecular complexity index is 459. The van der Waals surface area contributed by atoms with Crippen LogP contribution >= 0.6 is 0 Å². The van der Waals surface area contributed by atoms with E-state index in [1.54, 1.807) is 19.1 Å². The average Bonchev–Trinajstić information content (AvgIpc) is 2.36. The first-order valence-corrected chi connectivity index (χ1v) is 6.76. The molecule has 0 heterocycles. The van der Waals surface area contributed by atoms with Crippen molar-refractivity contribution < 1.29 is 19.4 Å². The summed E-state index contributed by atoms with van der Waals surface area (Å²) in [6.45, 7) is 4.34. The summed E-state index contributed by atoms with van der Waals surface area (Å²) in [5.74, 6) is -0.659. The number of carboxylic acid groups (broad SMARTS) is 1. The van der Waals surface area contributed by atoms with E-state index in [9.17, 15) is 9.59 Å². The van der Waals surface area contributed by atoms with Crippen molar-refractivity contribution in [2.75, 3.05) is 11.9 Å². The summed E-state index contributed by atoms with van der Waals surface area (Å²) < 4.78 is 5.55. The van der Waals surface area contributed by atoms with E-state index in [-0.39, 0.29) is 24.7 Å². The van der Waals surface area contributed by atoms with Crippen molar-refractivity contribution in [2.45, 2.75) is 33.1 Å². The topological polar surface area (TPSA) is 75.6 Å². The lowest BCUT2D eigenvalue weighted by atomic mass is 10.0. The summed E-state index contributed by atoms with van der Waals surface area (Å²) in [5.41, 5.74) is 0.619. The number of ether oxygens (including phenoxy) is 1. The zero-order valence-electron chi connectivity index (χ0n) is 11.9. The van der Waals surface area contributed by atoms with Gasteiger partial charge in [-0.25, -0.2) is 0 Å².